The van der Waals surface area contributed by atoms with E-state index in [1.54, 1.807) is 7.05 Å². The number of nitrogens with zero attached hydrogens (tertiary/aromatic N) is 3. The SMILES string of the molecule is Cc1ccc(-c2c(C#N)c(C#N)c(O)n2C)cc1. The Kier molecular flexibility index (Phi) is 2.79. The van der Waals surface area contributed by atoms with Crippen molar-refractivity contribution in [3.63, 3.8) is 0 Å². The molecule has 0 aliphatic carbocycles. The third-order valence-corrected chi connectivity index (χ3v) is 2.91. The van der Waals surface area contributed by atoms with Crippen molar-refractivity contribution in [3.05, 3.63) is 41.0 Å². The van der Waals surface area contributed by atoms with Gasteiger partial charge in [-0.1, -0.05) is 29.8 Å². The summed E-state index contributed by atoms with van der Waals surface area (Å²) in [6.07, 6.45) is 0. The van der Waals surface area contributed by atoms with Gasteiger partial charge in [0, 0.05) is 7.05 Å². The van der Waals surface area contributed by atoms with Crippen LogP contribution < -0.4 is 0 Å². The van der Waals surface area contributed by atoms with Crippen molar-refractivity contribution >= 4 is 0 Å². The molecule has 4 nitrogen and oxygen atoms in total. The maximum atomic E-state index is 9.84. The van der Waals surface area contributed by atoms with Gasteiger partial charge in [0.25, 0.3) is 0 Å². The highest BCUT2D eigenvalue weighted by molar-refractivity contribution is 5.74. The Morgan fingerprint density at radius 1 is 1.06 bits per heavy atom. The summed E-state index contributed by atoms with van der Waals surface area (Å²) in [5.74, 6) is -0.176. The highest BCUT2D eigenvalue weighted by atomic mass is 16.3. The molecule has 0 unspecified atom stereocenters. The van der Waals surface area contributed by atoms with E-state index in [1.165, 1.54) is 4.57 Å². The van der Waals surface area contributed by atoms with Gasteiger partial charge in [0.05, 0.1) is 11.3 Å². The van der Waals surface area contributed by atoms with Gasteiger partial charge < -0.3 is 9.67 Å². The summed E-state index contributed by atoms with van der Waals surface area (Å²) in [6.45, 7) is 1.97. The van der Waals surface area contributed by atoms with Gasteiger partial charge in [-0.15, -0.1) is 0 Å². The quantitative estimate of drug-likeness (QED) is 0.827. The monoisotopic (exact) mass is 237 g/mol. The maximum Gasteiger partial charge on any atom is 0.211 e. The average Bonchev–Trinajstić information content (AvgIpc) is 2.62. The maximum absolute atomic E-state index is 9.84. The second-order valence-corrected chi connectivity index (χ2v) is 4.07. The van der Waals surface area contributed by atoms with Crippen LogP contribution in [0.25, 0.3) is 11.3 Å². The molecule has 2 rings (SSSR count). The number of aromatic nitrogens is 1. The molecule has 0 bridgehead atoms. The molecule has 4 heteroatoms. The van der Waals surface area contributed by atoms with Crippen LogP contribution in [-0.4, -0.2) is 9.67 Å². The van der Waals surface area contributed by atoms with Crippen LogP contribution >= 0.6 is 0 Å². The molecule has 0 amide bonds. The molecular weight excluding hydrogens is 226 g/mol. The van der Waals surface area contributed by atoms with Crippen molar-refractivity contribution in [2.75, 3.05) is 0 Å². The van der Waals surface area contributed by atoms with Crippen LogP contribution in [-0.2, 0) is 7.05 Å². The summed E-state index contributed by atoms with van der Waals surface area (Å²) < 4.78 is 1.46. The Bertz CT molecular complexity index is 682. The van der Waals surface area contributed by atoms with Crippen molar-refractivity contribution in [2.24, 2.45) is 7.05 Å². The largest absolute Gasteiger partial charge is 0.493 e. The minimum atomic E-state index is -0.176. The van der Waals surface area contributed by atoms with E-state index >= 15 is 0 Å². The summed E-state index contributed by atoms with van der Waals surface area (Å²) in [5, 5.41) is 28.0. The van der Waals surface area contributed by atoms with Crippen molar-refractivity contribution in [1.82, 2.24) is 4.57 Å². The van der Waals surface area contributed by atoms with Gasteiger partial charge in [0.1, 0.15) is 17.7 Å². The predicted octanol–water partition coefficient (Wildman–Crippen LogP) is 2.45. The lowest BCUT2D eigenvalue weighted by molar-refractivity contribution is 0.431. The number of hydrogen-bond donors (Lipinski definition) is 1. The number of nitriles is 2. The molecule has 1 heterocycles. The normalized spacial score (nSPS) is 9.78. The summed E-state index contributed by atoms with van der Waals surface area (Å²) in [7, 11) is 1.63. The molecule has 18 heavy (non-hydrogen) atoms. The zero-order valence-corrected chi connectivity index (χ0v) is 10.1. The van der Waals surface area contributed by atoms with Crippen LogP contribution in [0.3, 0.4) is 0 Å². The van der Waals surface area contributed by atoms with E-state index in [-0.39, 0.29) is 17.0 Å². The summed E-state index contributed by atoms with van der Waals surface area (Å²) in [6, 6.07) is 11.4. The minimum absolute atomic E-state index is 0.0237. The van der Waals surface area contributed by atoms with Gasteiger partial charge >= 0.3 is 0 Å². The van der Waals surface area contributed by atoms with Gasteiger partial charge in [-0.2, -0.15) is 10.5 Å². The first-order chi connectivity index (χ1) is 8.60. The first-order valence-corrected chi connectivity index (χ1v) is 5.39. The fourth-order valence-corrected chi connectivity index (χ4v) is 1.94. The highest BCUT2D eigenvalue weighted by Gasteiger charge is 2.21. The summed E-state index contributed by atoms with van der Waals surface area (Å²) in [4.78, 5) is 0. The van der Waals surface area contributed by atoms with Gasteiger partial charge in [0.2, 0.25) is 5.88 Å². The Morgan fingerprint density at radius 3 is 2.11 bits per heavy atom. The molecule has 0 aliphatic heterocycles. The second-order valence-electron chi connectivity index (χ2n) is 4.07. The van der Waals surface area contributed by atoms with Crippen molar-refractivity contribution < 1.29 is 5.11 Å². The summed E-state index contributed by atoms with van der Waals surface area (Å²) >= 11 is 0. The van der Waals surface area contributed by atoms with E-state index in [0.717, 1.165) is 11.1 Å². The number of aromatic hydroxyl groups is 1. The van der Waals surface area contributed by atoms with Gasteiger partial charge in [-0.05, 0) is 12.5 Å². The number of hydrogen-bond acceptors (Lipinski definition) is 3. The lowest BCUT2D eigenvalue weighted by atomic mass is 10.0. The van der Waals surface area contributed by atoms with E-state index in [1.807, 2.05) is 43.3 Å². The topological polar surface area (TPSA) is 72.7 Å². The fraction of sp³-hybridized carbons (Fsp3) is 0.143. The Morgan fingerprint density at radius 2 is 1.61 bits per heavy atom. The van der Waals surface area contributed by atoms with Crippen LogP contribution in [0.15, 0.2) is 24.3 Å². The first-order valence-electron chi connectivity index (χ1n) is 5.39. The van der Waals surface area contributed by atoms with E-state index < -0.39 is 0 Å². The predicted molar refractivity (Wildman–Crippen MR) is 66.7 cm³/mol. The highest BCUT2D eigenvalue weighted by Crippen LogP contribution is 2.33. The Hall–Kier alpha value is -2.72. The van der Waals surface area contributed by atoms with Gasteiger partial charge in [-0.25, -0.2) is 0 Å². The van der Waals surface area contributed by atoms with Crippen molar-refractivity contribution in [1.29, 1.82) is 10.5 Å². The van der Waals surface area contributed by atoms with E-state index in [4.69, 9.17) is 10.5 Å². The standard InChI is InChI=1S/C14H11N3O/c1-9-3-5-10(6-4-9)13-11(7-15)12(8-16)14(18)17(13)2/h3-6,18H,1-2H3. The molecule has 1 N–H and O–H groups in total. The van der Waals surface area contributed by atoms with E-state index in [9.17, 15) is 5.11 Å². The molecule has 0 saturated carbocycles. The van der Waals surface area contributed by atoms with Crippen LogP contribution in [0.2, 0.25) is 0 Å². The lowest BCUT2D eigenvalue weighted by Crippen LogP contribution is -1.92. The molecule has 1 aromatic carbocycles. The zero-order chi connectivity index (χ0) is 13.3. The van der Waals surface area contributed by atoms with Gasteiger partial charge in [0.15, 0.2) is 0 Å². The fourth-order valence-electron chi connectivity index (χ4n) is 1.94. The van der Waals surface area contributed by atoms with Crippen molar-refractivity contribution in [3.8, 4) is 29.3 Å². The molecule has 0 saturated heterocycles. The molecular formula is C14H11N3O. The van der Waals surface area contributed by atoms with Crippen LogP contribution in [0, 0.1) is 29.6 Å². The molecule has 0 radical (unpaired) electrons. The van der Waals surface area contributed by atoms with Gasteiger partial charge in [-0.3, -0.25) is 0 Å². The number of rotatable bonds is 1. The Labute approximate surface area is 105 Å². The number of aryl methyl sites for hydroxylation is 1. The van der Waals surface area contributed by atoms with Crippen molar-refractivity contribution in [2.45, 2.75) is 6.92 Å². The number of benzene rings is 1. The van der Waals surface area contributed by atoms with E-state index in [0.29, 0.717) is 5.69 Å². The first kappa shape index (κ1) is 11.8. The van der Waals surface area contributed by atoms with Crippen LogP contribution in [0.4, 0.5) is 0 Å². The second kappa shape index (κ2) is 4.27. The molecule has 0 atom stereocenters. The zero-order valence-electron chi connectivity index (χ0n) is 10.1. The Balaban J connectivity index is 2.77. The molecule has 0 spiro atoms. The molecule has 88 valence electrons. The third kappa shape index (κ3) is 1.61. The third-order valence-electron chi connectivity index (χ3n) is 2.91. The van der Waals surface area contributed by atoms with Crippen LogP contribution in [0.1, 0.15) is 16.7 Å². The molecule has 0 fully saturated rings. The lowest BCUT2D eigenvalue weighted by Gasteiger charge is -2.05. The molecule has 2 aromatic rings. The summed E-state index contributed by atoms with van der Waals surface area (Å²) in [5.41, 5.74) is 2.70. The smallest absolute Gasteiger partial charge is 0.211 e. The molecule has 0 aliphatic rings. The minimum Gasteiger partial charge on any atom is -0.493 e. The van der Waals surface area contributed by atoms with Crippen LogP contribution in [0.5, 0.6) is 5.88 Å². The van der Waals surface area contributed by atoms with E-state index in [2.05, 4.69) is 0 Å². The average molecular weight is 237 g/mol. The molecule has 1 aromatic heterocycles.